The molecule has 0 spiro atoms. The third-order valence-corrected chi connectivity index (χ3v) is 4.19. The van der Waals surface area contributed by atoms with Crippen molar-refractivity contribution in [3.8, 4) is 22.9 Å². The molecular formula is C19H16ClN3O4. The number of nitrogens with zero attached hydrogens (tertiary/aromatic N) is 2. The number of nitrogens with one attached hydrogen (secondary N) is 1. The van der Waals surface area contributed by atoms with Crippen LogP contribution in [0.1, 0.15) is 11.5 Å². The highest BCUT2D eigenvalue weighted by molar-refractivity contribution is 6.30. The summed E-state index contributed by atoms with van der Waals surface area (Å²) in [6, 6.07) is 12.6. The lowest BCUT2D eigenvalue weighted by atomic mass is 10.1. The van der Waals surface area contributed by atoms with E-state index in [-0.39, 0.29) is 18.9 Å². The molecule has 27 heavy (non-hydrogen) atoms. The number of amides is 1. The van der Waals surface area contributed by atoms with Crippen LogP contribution in [-0.4, -0.2) is 29.3 Å². The van der Waals surface area contributed by atoms with E-state index in [0.29, 0.717) is 41.5 Å². The van der Waals surface area contributed by atoms with Gasteiger partial charge in [0, 0.05) is 10.6 Å². The molecule has 0 fully saturated rings. The Morgan fingerprint density at radius 1 is 1.11 bits per heavy atom. The summed E-state index contributed by atoms with van der Waals surface area (Å²) in [4.78, 5) is 16.5. The van der Waals surface area contributed by atoms with Gasteiger partial charge in [-0.2, -0.15) is 4.98 Å². The summed E-state index contributed by atoms with van der Waals surface area (Å²) in [5, 5.41) is 7.27. The Balaban J connectivity index is 1.34. The number of hydrogen-bond donors (Lipinski definition) is 1. The van der Waals surface area contributed by atoms with Crippen molar-refractivity contribution in [1.82, 2.24) is 15.5 Å². The number of rotatable bonds is 5. The van der Waals surface area contributed by atoms with Gasteiger partial charge in [-0.3, -0.25) is 4.79 Å². The highest BCUT2D eigenvalue weighted by atomic mass is 35.5. The zero-order valence-electron chi connectivity index (χ0n) is 14.3. The summed E-state index contributed by atoms with van der Waals surface area (Å²) in [5.74, 6) is 1.95. The Bertz CT molecular complexity index is 973. The molecule has 0 unspecified atom stereocenters. The summed E-state index contributed by atoms with van der Waals surface area (Å²) >= 11 is 5.97. The highest BCUT2D eigenvalue weighted by Gasteiger charge is 2.14. The van der Waals surface area contributed by atoms with E-state index in [1.807, 2.05) is 30.3 Å². The highest BCUT2D eigenvalue weighted by Crippen LogP contribution is 2.30. The predicted octanol–water partition coefficient (Wildman–Crippen LogP) is 3.02. The average molecular weight is 386 g/mol. The van der Waals surface area contributed by atoms with Crippen molar-refractivity contribution < 1.29 is 18.8 Å². The maximum atomic E-state index is 12.2. The van der Waals surface area contributed by atoms with E-state index in [0.717, 1.165) is 11.1 Å². The second-order valence-corrected chi connectivity index (χ2v) is 6.39. The number of aromatic nitrogens is 2. The van der Waals surface area contributed by atoms with Crippen molar-refractivity contribution in [1.29, 1.82) is 0 Å². The van der Waals surface area contributed by atoms with Crippen molar-refractivity contribution >= 4 is 17.5 Å². The lowest BCUT2D eigenvalue weighted by molar-refractivity contribution is -0.120. The molecule has 0 aliphatic carbocycles. The van der Waals surface area contributed by atoms with Crippen LogP contribution in [-0.2, 0) is 17.8 Å². The molecule has 0 bridgehead atoms. The van der Waals surface area contributed by atoms with Gasteiger partial charge < -0.3 is 19.3 Å². The van der Waals surface area contributed by atoms with Gasteiger partial charge in [0.05, 0.1) is 13.0 Å². The van der Waals surface area contributed by atoms with Gasteiger partial charge in [-0.15, -0.1) is 0 Å². The van der Waals surface area contributed by atoms with Crippen LogP contribution in [0.4, 0.5) is 0 Å². The largest absolute Gasteiger partial charge is 0.486 e. The SMILES string of the molecule is O=C(Cc1ccc2c(c1)OCCO2)NCc1nc(-c2cccc(Cl)c2)no1. The Labute approximate surface area is 160 Å². The van der Waals surface area contributed by atoms with Gasteiger partial charge in [0.25, 0.3) is 0 Å². The molecule has 1 aliphatic heterocycles. The summed E-state index contributed by atoms with van der Waals surface area (Å²) in [6.07, 6.45) is 0.214. The summed E-state index contributed by atoms with van der Waals surface area (Å²) in [6.45, 7) is 1.19. The molecule has 7 nitrogen and oxygen atoms in total. The molecule has 0 saturated carbocycles. The lowest BCUT2D eigenvalue weighted by Crippen LogP contribution is -2.24. The van der Waals surface area contributed by atoms with Crippen molar-refractivity contribution in [2.24, 2.45) is 0 Å². The quantitative estimate of drug-likeness (QED) is 0.726. The zero-order chi connectivity index (χ0) is 18.6. The van der Waals surface area contributed by atoms with Crippen molar-refractivity contribution in [3.63, 3.8) is 0 Å². The van der Waals surface area contributed by atoms with Crippen LogP contribution in [0.2, 0.25) is 5.02 Å². The Kier molecular flexibility index (Phi) is 4.93. The van der Waals surface area contributed by atoms with Gasteiger partial charge >= 0.3 is 0 Å². The molecule has 0 radical (unpaired) electrons. The molecule has 138 valence electrons. The van der Waals surface area contributed by atoms with Crippen LogP contribution in [0.3, 0.4) is 0 Å². The van der Waals surface area contributed by atoms with E-state index in [4.69, 9.17) is 25.6 Å². The number of ether oxygens (including phenoxy) is 2. The number of halogens is 1. The first-order valence-corrected chi connectivity index (χ1v) is 8.79. The molecule has 4 rings (SSSR count). The van der Waals surface area contributed by atoms with Crippen molar-refractivity contribution in [2.45, 2.75) is 13.0 Å². The van der Waals surface area contributed by atoms with E-state index >= 15 is 0 Å². The predicted molar refractivity (Wildman–Crippen MR) is 97.7 cm³/mol. The minimum atomic E-state index is -0.158. The number of benzene rings is 2. The number of carbonyl (C=O) groups is 1. The molecule has 2 heterocycles. The fourth-order valence-corrected chi connectivity index (χ4v) is 2.88. The van der Waals surface area contributed by atoms with Gasteiger partial charge in [0.2, 0.25) is 17.6 Å². The Morgan fingerprint density at radius 3 is 2.81 bits per heavy atom. The van der Waals surface area contributed by atoms with Gasteiger partial charge in [0.15, 0.2) is 11.5 Å². The van der Waals surface area contributed by atoms with Crippen molar-refractivity contribution in [2.75, 3.05) is 13.2 Å². The third kappa shape index (κ3) is 4.20. The van der Waals surface area contributed by atoms with E-state index in [1.165, 1.54) is 0 Å². The molecule has 1 aliphatic rings. The zero-order valence-corrected chi connectivity index (χ0v) is 15.0. The minimum Gasteiger partial charge on any atom is -0.486 e. The fourth-order valence-electron chi connectivity index (χ4n) is 2.69. The minimum absolute atomic E-state index is 0.150. The van der Waals surface area contributed by atoms with Crippen LogP contribution in [0.5, 0.6) is 11.5 Å². The van der Waals surface area contributed by atoms with E-state index in [2.05, 4.69) is 15.5 Å². The molecule has 1 N–H and O–H groups in total. The maximum Gasteiger partial charge on any atom is 0.246 e. The first kappa shape index (κ1) is 17.4. The fraction of sp³-hybridized carbons (Fsp3) is 0.211. The van der Waals surface area contributed by atoms with Gasteiger partial charge in [-0.05, 0) is 29.8 Å². The second-order valence-electron chi connectivity index (χ2n) is 5.95. The average Bonchev–Trinajstić information content (AvgIpc) is 3.15. The van der Waals surface area contributed by atoms with E-state index in [1.54, 1.807) is 12.1 Å². The second kappa shape index (κ2) is 7.67. The van der Waals surface area contributed by atoms with Crippen LogP contribution >= 0.6 is 11.6 Å². The number of carbonyl (C=O) groups excluding carboxylic acids is 1. The Hall–Kier alpha value is -3.06. The Morgan fingerprint density at radius 2 is 1.96 bits per heavy atom. The van der Waals surface area contributed by atoms with Crippen molar-refractivity contribution in [3.05, 3.63) is 58.9 Å². The lowest BCUT2D eigenvalue weighted by Gasteiger charge is -2.18. The molecular weight excluding hydrogens is 370 g/mol. The first-order valence-electron chi connectivity index (χ1n) is 8.41. The monoisotopic (exact) mass is 385 g/mol. The summed E-state index contributed by atoms with van der Waals surface area (Å²) in [5.41, 5.74) is 1.59. The maximum absolute atomic E-state index is 12.2. The third-order valence-electron chi connectivity index (χ3n) is 3.96. The van der Waals surface area contributed by atoms with E-state index in [9.17, 15) is 4.79 Å². The van der Waals surface area contributed by atoms with Crippen LogP contribution in [0.15, 0.2) is 47.0 Å². The van der Waals surface area contributed by atoms with Crippen LogP contribution in [0.25, 0.3) is 11.4 Å². The van der Waals surface area contributed by atoms with Crippen LogP contribution in [0, 0.1) is 0 Å². The topological polar surface area (TPSA) is 86.5 Å². The van der Waals surface area contributed by atoms with Gasteiger partial charge in [0.1, 0.15) is 13.2 Å². The summed E-state index contributed by atoms with van der Waals surface area (Å²) < 4.78 is 16.2. The normalized spacial score (nSPS) is 12.6. The van der Waals surface area contributed by atoms with Gasteiger partial charge in [-0.25, -0.2) is 0 Å². The smallest absolute Gasteiger partial charge is 0.246 e. The number of fused-ring (bicyclic) bond motifs is 1. The van der Waals surface area contributed by atoms with Gasteiger partial charge in [-0.1, -0.05) is 35.0 Å². The number of hydrogen-bond acceptors (Lipinski definition) is 6. The van der Waals surface area contributed by atoms with Crippen LogP contribution < -0.4 is 14.8 Å². The molecule has 0 saturated heterocycles. The van der Waals surface area contributed by atoms with E-state index < -0.39 is 0 Å². The summed E-state index contributed by atoms with van der Waals surface area (Å²) in [7, 11) is 0. The molecule has 0 atom stereocenters. The molecule has 8 heteroatoms. The molecule has 2 aromatic carbocycles. The molecule has 1 amide bonds. The molecule has 1 aromatic heterocycles. The standard InChI is InChI=1S/C19H16ClN3O4/c20-14-3-1-2-13(10-14)19-22-18(27-23-19)11-21-17(24)9-12-4-5-15-16(8-12)26-7-6-25-15/h1-5,8,10H,6-7,9,11H2,(H,21,24). The first-order chi connectivity index (χ1) is 13.2. The molecule has 3 aromatic rings.